The predicted molar refractivity (Wildman–Crippen MR) is 61.2 cm³/mol. The van der Waals surface area contributed by atoms with Crippen molar-refractivity contribution in [3.63, 3.8) is 0 Å². The molecule has 0 radical (unpaired) electrons. The largest absolute Gasteiger partial charge is 0.368 e. The van der Waals surface area contributed by atoms with Gasteiger partial charge in [-0.2, -0.15) is 0 Å². The zero-order valence-electron chi connectivity index (χ0n) is 9.78. The topological polar surface area (TPSA) is 72.3 Å². The molecule has 88 valence electrons. The zero-order valence-corrected chi connectivity index (χ0v) is 9.78. The SMILES string of the molecule is CC(C)C1CCN(CC(N)C(N)=O)CC1. The summed E-state index contributed by atoms with van der Waals surface area (Å²) >= 11 is 0. The molecule has 0 bridgehead atoms. The molecule has 0 saturated carbocycles. The Morgan fingerprint density at radius 3 is 2.33 bits per heavy atom. The number of carbonyl (C=O) groups is 1. The van der Waals surface area contributed by atoms with E-state index in [0.29, 0.717) is 6.54 Å². The molecule has 0 spiro atoms. The number of hydrogen-bond acceptors (Lipinski definition) is 3. The molecule has 0 aromatic heterocycles. The van der Waals surface area contributed by atoms with Gasteiger partial charge in [0.15, 0.2) is 0 Å². The first kappa shape index (κ1) is 12.5. The van der Waals surface area contributed by atoms with E-state index in [1.165, 1.54) is 12.8 Å². The number of rotatable bonds is 4. The van der Waals surface area contributed by atoms with Gasteiger partial charge in [0.1, 0.15) is 0 Å². The molecule has 1 aliphatic rings. The molecule has 1 unspecified atom stereocenters. The summed E-state index contributed by atoms with van der Waals surface area (Å²) < 4.78 is 0. The fraction of sp³-hybridized carbons (Fsp3) is 0.909. The van der Waals surface area contributed by atoms with Crippen molar-refractivity contribution in [2.45, 2.75) is 32.7 Å². The van der Waals surface area contributed by atoms with Gasteiger partial charge in [0.2, 0.25) is 5.91 Å². The smallest absolute Gasteiger partial charge is 0.235 e. The lowest BCUT2D eigenvalue weighted by Gasteiger charge is -2.34. The Labute approximate surface area is 92.0 Å². The molecule has 1 rings (SSSR count). The van der Waals surface area contributed by atoms with Gasteiger partial charge in [0, 0.05) is 6.54 Å². The van der Waals surface area contributed by atoms with Crippen LogP contribution in [0.1, 0.15) is 26.7 Å². The van der Waals surface area contributed by atoms with E-state index in [1.54, 1.807) is 0 Å². The molecule has 4 N–H and O–H groups in total. The van der Waals surface area contributed by atoms with E-state index >= 15 is 0 Å². The van der Waals surface area contributed by atoms with Gasteiger partial charge in [-0.05, 0) is 37.8 Å². The summed E-state index contributed by atoms with van der Waals surface area (Å²) in [4.78, 5) is 13.1. The van der Waals surface area contributed by atoms with Crippen LogP contribution in [-0.4, -0.2) is 36.5 Å². The third-order valence-corrected chi connectivity index (χ3v) is 3.40. The number of hydrogen-bond donors (Lipinski definition) is 2. The van der Waals surface area contributed by atoms with Crippen LogP contribution in [0.25, 0.3) is 0 Å². The van der Waals surface area contributed by atoms with Crippen molar-refractivity contribution in [1.29, 1.82) is 0 Å². The Bertz CT molecular complexity index is 210. The van der Waals surface area contributed by atoms with Gasteiger partial charge in [-0.3, -0.25) is 4.79 Å². The van der Waals surface area contributed by atoms with Crippen LogP contribution in [0.2, 0.25) is 0 Å². The average Bonchev–Trinajstić information content (AvgIpc) is 2.18. The second kappa shape index (κ2) is 5.47. The molecule has 1 fully saturated rings. The molecule has 1 aliphatic heterocycles. The maximum atomic E-state index is 10.8. The molecule has 4 nitrogen and oxygen atoms in total. The van der Waals surface area contributed by atoms with Crippen molar-refractivity contribution >= 4 is 5.91 Å². The number of nitrogens with zero attached hydrogens (tertiary/aromatic N) is 1. The molecule has 4 heteroatoms. The number of likely N-dealkylation sites (tertiary alicyclic amines) is 1. The van der Waals surface area contributed by atoms with E-state index in [9.17, 15) is 4.79 Å². The standard InChI is InChI=1S/C11H23N3O/c1-8(2)9-3-5-14(6-4-9)7-10(12)11(13)15/h8-10H,3-7,12H2,1-2H3,(H2,13,15). The maximum absolute atomic E-state index is 10.8. The third kappa shape index (κ3) is 3.80. The molecule has 0 aromatic carbocycles. The first-order chi connectivity index (χ1) is 7.00. The second-order valence-corrected chi connectivity index (χ2v) is 4.89. The monoisotopic (exact) mass is 213 g/mol. The maximum Gasteiger partial charge on any atom is 0.235 e. The van der Waals surface area contributed by atoms with Crippen LogP contribution in [0.5, 0.6) is 0 Å². The normalized spacial score (nSPS) is 21.9. The number of primary amides is 1. The number of piperidine rings is 1. The molecular weight excluding hydrogens is 190 g/mol. The minimum atomic E-state index is -0.513. The summed E-state index contributed by atoms with van der Waals surface area (Å²) in [6, 6.07) is -0.513. The fourth-order valence-corrected chi connectivity index (χ4v) is 2.17. The van der Waals surface area contributed by atoms with Crippen molar-refractivity contribution in [1.82, 2.24) is 4.90 Å². The van der Waals surface area contributed by atoms with Crippen LogP contribution in [0, 0.1) is 11.8 Å². The highest BCUT2D eigenvalue weighted by atomic mass is 16.1. The Morgan fingerprint density at radius 2 is 1.93 bits per heavy atom. The molecule has 0 aliphatic carbocycles. The zero-order chi connectivity index (χ0) is 11.4. The quantitative estimate of drug-likeness (QED) is 0.699. The minimum Gasteiger partial charge on any atom is -0.368 e. The molecule has 1 heterocycles. The third-order valence-electron chi connectivity index (χ3n) is 3.40. The van der Waals surface area contributed by atoms with Gasteiger partial charge < -0.3 is 16.4 Å². The van der Waals surface area contributed by atoms with Crippen LogP contribution in [-0.2, 0) is 4.79 Å². The van der Waals surface area contributed by atoms with Crippen molar-refractivity contribution in [2.24, 2.45) is 23.3 Å². The number of carbonyl (C=O) groups excluding carboxylic acids is 1. The molecule has 1 amide bonds. The van der Waals surface area contributed by atoms with Crippen molar-refractivity contribution in [3.05, 3.63) is 0 Å². The lowest BCUT2D eigenvalue weighted by molar-refractivity contribution is -0.119. The van der Waals surface area contributed by atoms with Crippen molar-refractivity contribution in [2.75, 3.05) is 19.6 Å². The van der Waals surface area contributed by atoms with Gasteiger partial charge in [-0.15, -0.1) is 0 Å². The molecule has 15 heavy (non-hydrogen) atoms. The van der Waals surface area contributed by atoms with E-state index in [-0.39, 0.29) is 0 Å². The van der Waals surface area contributed by atoms with E-state index in [0.717, 1.165) is 24.9 Å². The van der Waals surface area contributed by atoms with Gasteiger partial charge in [-0.25, -0.2) is 0 Å². The summed E-state index contributed by atoms with van der Waals surface area (Å²) in [7, 11) is 0. The molecule has 1 saturated heterocycles. The van der Waals surface area contributed by atoms with Crippen molar-refractivity contribution < 1.29 is 4.79 Å². The Hall–Kier alpha value is -0.610. The lowest BCUT2D eigenvalue weighted by Crippen LogP contribution is -2.48. The first-order valence-corrected chi connectivity index (χ1v) is 5.78. The van der Waals surface area contributed by atoms with Gasteiger partial charge in [-0.1, -0.05) is 13.8 Å². The summed E-state index contributed by atoms with van der Waals surface area (Å²) in [5.41, 5.74) is 10.8. The minimum absolute atomic E-state index is 0.402. The van der Waals surface area contributed by atoms with Crippen LogP contribution in [0.3, 0.4) is 0 Å². The van der Waals surface area contributed by atoms with Crippen molar-refractivity contribution in [3.8, 4) is 0 Å². The number of amides is 1. The lowest BCUT2D eigenvalue weighted by atomic mass is 9.86. The first-order valence-electron chi connectivity index (χ1n) is 5.78. The van der Waals surface area contributed by atoms with Crippen LogP contribution in [0.15, 0.2) is 0 Å². The van der Waals surface area contributed by atoms with E-state index in [2.05, 4.69) is 18.7 Å². The second-order valence-electron chi connectivity index (χ2n) is 4.89. The van der Waals surface area contributed by atoms with Gasteiger partial charge >= 0.3 is 0 Å². The van der Waals surface area contributed by atoms with E-state index in [4.69, 9.17) is 11.5 Å². The predicted octanol–water partition coefficient (Wildman–Crippen LogP) is 0.167. The summed E-state index contributed by atoms with van der Waals surface area (Å²) in [6.45, 7) is 7.25. The van der Waals surface area contributed by atoms with Crippen LogP contribution < -0.4 is 11.5 Å². The fourth-order valence-electron chi connectivity index (χ4n) is 2.17. The Balaban J connectivity index is 2.28. The average molecular weight is 213 g/mol. The van der Waals surface area contributed by atoms with E-state index in [1.807, 2.05) is 0 Å². The summed E-state index contributed by atoms with van der Waals surface area (Å²) in [5.74, 6) is 1.18. The Morgan fingerprint density at radius 1 is 1.40 bits per heavy atom. The summed E-state index contributed by atoms with van der Waals surface area (Å²) in [5, 5.41) is 0. The molecule has 1 atom stereocenters. The Kier molecular flexibility index (Phi) is 4.54. The van der Waals surface area contributed by atoms with Gasteiger partial charge in [0.25, 0.3) is 0 Å². The molecule has 0 aromatic rings. The summed E-state index contributed by atoms with van der Waals surface area (Å²) in [6.07, 6.45) is 2.42. The highest BCUT2D eigenvalue weighted by molar-refractivity contribution is 5.79. The van der Waals surface area contributed by atoms with Crippen LogP contribution >= 0.6 is 0 Å². The highest BCUT2D eigenvalue weighted by Gasteiger charge is 2.23. The van der Waals surface area contributed by atoms with Gasteiger partial charge in [0.05, 0.1) is 6.04 Å². The highest BCUT2D eigenvalue weighted by Crippen LogP contribution is 2.24. The number of nitrogens with two attached hydrogens (primary N) is 2. The van der Waals surface area contributed by atoms with E-state index < -0.39 is 11.9 Å². The van der Waals surface area contributed by atoms with Crippen LogP contribution in [0.4, 0.5) is 0 Å². The molecular formula is C11H23N3O.